The molecule has 0 spiro atoms. The van der Waals surface area contributed by atoms with Crippen molar-refractivity contribution in [1.29, 1.82) is 0 Å². The molecule has 0 amide bonds. The minimum Gasteiger partial charge on any atom is -0.315 e. The summed E-state index contributed by atoms with van der Waals surface area (Å²) in [5, 5.41) is 6.33. The van der Waals surface area contributed by atoms with E-state index in [2.05, 4.69) is 43.5 Å². The highest BCUT2D eigenvalue weighted by Crippen LogP contribution is 2.43. The number of aromatic nitrogens is 1. The summed E-state index contributed by atoms with van der Waals surface area (Å²) in [4.78, 5) is 4.57. The van der Waals surface area contributed by atoms with Gasteiger partial charge in [-0.2, -0.15) is 0 Å². The van der Waals surface area contributed by atoms with Crippen molar-refractivity contribution in [2.45, 2.75) is 55.7 Å². The van der Waals surface area contributed by atoms with Crippen molar-refractivity contribution in [3.8, 4) is 0 Å². The third-order valence-electron chi connectivity index (χ3n) is 3.68. The Bertz CT molecular complexity index is 373. The molecular formula is C13H22N2S2. The molecular weight excluding hydrogens is 248 g/mol. The van der Waals surface area contributed by atoms with E-state index in [-0.39, 0.29) is 0 Å². The van der Waals surface area contributed by atoms with Crippen LogP contribution in [0.3, 0.4) is 0 Å². The highest BCUT2D eigenvalue weighted by molar-refractivity contribution is 8.01. The molecule has 96 valence electrons. The van der Waals surface area contributed by atoms with E-state index in [1.54, 1.807) is 11.3 Å². The van der Waals surface area contributed by atoms with Gasteiger partial charge in [0.05, 0.1) is 0 Å². The quantitative estimate of drug-likeness (QED) is 0.906. The number of thioether (sulfide) groups is 1. The summed E-state index contributed by atoms with van der Waals surface area (Å²) in [6.07, 6.45) is 3.97. The fourth-order valence-corrected chi connectivity index (χ4v) is 5.44. The van der Waals surface area contributed by atoms with Crippen molar-refractivity contribution in [2.24, 2.45) is 5.41 Å². The van der Waals surface area contributed by atoms with Gasteiger partial charge in [-0.15, -0.1) is 11.3 Å². The number of thiazole rings is 1. The van der Waals surface area contributed by atoms with Crippen molar-refractivity contribution in [2.75, 3.05) is 7.05 Å². The summed E-state index contributed by atoms with van der Waals surface area (Å²) in [6.45, 7) is 6.84. The van der Waals surface area contributed by atoms with E-state index in [0.29, 0.717) is 16.7 Å². The molecule has 0 aliphatic heterocycles. The lowest BCUT2D eigenvalue weighted by molar-refractivity contribution is 0.182. The molecule has 1 N–H and O–H groups in total. The van der Waals surface area contributed by atoms with Crippen molar-refractivity contribution in [3.63, 3.8) is 0 Å². The number of nitrogens with one attached hydrogen (secondary N) is 1. The van der Waals surface area contributed by atoms with Crippen LogP contribution in [0.1, 0.15) is 38.8 Å². The van der Waals surface area contributed by atoms with E-state index < -0.39 is 0 Å². The monoisotopic (exact) mass is 270 g/mol. The molecule has 1 heterocycles. The van der Waals surface area contributed by atoms with E-state index in [1.807, 2.05) is 11.8 Å². The first-order valence-electron chi connectivity index (χ1n) is 6.29. The van der Waals surface area contributed by atoms with Gasteiger partial charge in [0.1, 0.15) is 4.34 Å². The molecule has 2 unspecified atom stereocenters. The SMILES string of the molecule is CNC1C(Sc2nc(C)cs2)CCCC1(C)C. The smallest absolute Gasteiger partial charge is 0.150 e. The van der Waals surface area contributed by atoms with E-state index in [1.165, 1.54) is 23.6 Å². The largest absolute Gasteiger partial charge is 0.315 e. The fourth-order valence-electron chi connectivity index (χ4n) is 2.80. The zero-order valence-corrected chi connectivity index (χ0v) is 12.8. The molecule has 1 aromatic heterocycles. The van der Waals surface area contributed by atoms with Crippen LogP contribution in [0.5, 0.6) is 0 Å². The summed E-state index contributed by atoms with van der Waals surface area (Å²) < 4.78 is 1.23. The van der Waals surface area contributed by atoms with Gasteiger partial charge >= 0.3 is 0 Å². The molecule has 2 rings (SSSR count). The Kier molecular flexibility index (Phi) is 4.16. The summed E-state index contributed by atoms with van der Waals surface area (Å²) in [5.41, 5.74) is 1.55. The predicted molar refractivity (Wildman–Crippen MR) is 77.0 cm³/mol. The van der Waals surface area contributed by atoms with Gasteiger partial charge in [0, 0.05) is 22.4 Å². The average molecular weight is 270 g/mol. The second-order valence-corrected chi connectivity index (χ2v) is 7.90. The Labute approximate surface area is 113 Å². The van der Waals surface area contributed by atoms with Gasteiger partial charge in [0.2, 0.25) is 0 Å². The van der Waals surface area contributed by atoms with E-state index in [0.717, 1.165) is 5.69 Å². The Morgan fingerprint density at radius 2 is 2.29 bits per heavy atom. The topological polar surface area (TPSA) is 24.9 Å². The van der Waals surface area contributed by atoms with Gasteiger partial charge in [-0.05, 0) is 32.2 Å². The number of hydrogen-bond donors (Lipinski definition) is 1. The standard InChI is InChI=1S/C13H22N2S2/c1-9-8-16-12(15-9)17-10-6-5-7-13(2,3)11(10)14-4/h8,10-11,14H,5-7H2,1-4H3. The van der Waals surface area contributed by atoms with Gasteiger partial charge in [-0.1, -0.05) is 32.0 Å². The van der Waals surface area contributed by atoms with Crippen molar-refractivity contribution in [3.05, 3.63) is 11.1 Å². The average Bonchev–Trinajstić information content (AvgIpc) is 2.63. The minimum atomic E-state index is 0.400. The Hall–Kier alpha value is -0.0600. The molecule has 1 aliphatic carbocycles. The van der Waals surface area contributed by atoms with Crippen LogP contribution in [0.2, 0.25) is 0 Å². The van der Waals surface area contributed by atoms with E-state index >= 15 is 0 Å². The molecule has 1 aliphatic rings. The van der Waals surface area contributed by atoms with Crippen LogP contribution in [0.4, 0.5) is 0 Å². The molecule has 2 nitrogen and oxygen atoms in total. The fraction of sp³-hybridized carbons (Fsp3) is 0.769. The van der Waals surface area contributed by atoms with Crippen LogP contribution < -0.4 is 5.32 Å². The summed E-state index contributed by atoms with van der Waals surface area (Å²) >= 11 is 3.75. The van der Waals surface area contributed by atoms with Crippen LogP contribution in [-0.4, -0.2) is 23.3 Å². The van der Waals surface area contributed by atoms with Crippen LogP contribution in [0.25, 0.3) is 0 Å². The van der Waals surface area contributed by atoms with Gasteiger partial charge in [-0.25, -0.2) is 4.98 Å². The third kappa shape index (κ3) is 3.04. The molecule has 17 heavy (non-hydrogen) atoms. The number of aryl methyl sites for hydroxylation is 1. The first kappa shape index (κ1) is 13.4. The van der Waals surface area contributed by atoms with Crippen molar-refractivity contribution >= 4 is 23.1 Å². The lowest BCUT2D eigenvalue weighted by Gasteiger charge is -2.43. The van der Waals surface area contributed by atoms with E-state index in [9.17, 15) is 0 Å². The maximum Gasteiger partial charge on any atom is 0.150 e. The highest BCUT2D eigenvalue weighted by Gasteiger charge is 2.38. The molecule has 2 atom stereocenters. The summed E-state index contributed by atoms with van der Waals surface area (Å²) in [5.74, 6) is 0. The zero-order valence-electron chi connectivity index (χ0n) is 11.1. The summed E-state index contributed by atoms with van der Waals surface area (Å²) in [6, 6.07) is 0.588. The number of hydrogen-bond acceptors (Lipinski definition) is 4. The van der Waals surface area contributed by atoms with Gasteiger partial charge < -0.3 is 5.32 Å². The zero-order chi connectivity index (χ0) is 12.5. The third-order valence-corrected chi connectivity index (χ3v) is 6.12. The minimum absolute atomic E-state index is 0.400. The van der Waals surface area contributed by atoms with E-state index in [4.69, 9.17) is 0 Å². The molecule has 1 fully saturated rings. The van der Waals surface area contributed by atoms with Crippen LogP contribution in [0, 0.1) is 12.3 Å². The van der Waals surface area contributed by atoms with Crippen molar-refractivity contribution in [1.82, 2.24) is 10.3 Å². The van der Waals surface area contributed by atoms with Crippen LogP contribution >= 0.6 is 23.1 Å². The second kappa shape index (κ2) is 5.29. The lowest BCUT2D eigenvalue weighted by Crippen LogP contribution is -2.49. The van der Waals surface area contributed by atoms with Gasteiger partial charge in [-0.3, -0.25) is 0 Å². The molecule has 4 heteroatoms. The Morgan fingerprint density at radius 1 is 1.53 bits per heavy atom. The highest BCUT2D eigenvalue weighted by atomic mass is 32.2. The second-order valence-electron chi connectivity index (χ2n) is 5.56. The molecule has 0 radical (unpaired) electrons. The first-order chi connectivity index (χ1) is 8.03. The Balaban J connectivity index is 2.08. The maximum absolute atomic E-state index is 4.57. The Morgan fingerprint density at radius 3 is 2.88 bits per heavy atom. The maximum atomic E-state index is 4.57. The molecule has 1 aromatic rings. The van der Waals surface area contributed by atoms with Crippen LogP contribution in [0.15, 0.2) is 9.72 Å². The lowest BCUT2D eigenvalue weighted by atomic mass is 9.73. The van der Waals surface area contributed by atoms with Crippen molar-refractivity contribution < 1.29 is 0 Å². The van der Waals surface area contributed by atoms with Crippen LogP contribution in [-0.2, 0) is 0 Å². The molecule has 0 saturated heterocycles. The summed E-state index contributed by atoms with van der Waals surface area (Å²) in [7, 11) is 2.10. The van der Waals surface area contributed by atoms with Gasteiger partial charge in [0.15, 0.2) is 0 Å². The number of nitrogens with zero attached hydrogens (tertiary/aromatic N) is 1. The molecule has 0 bridgehead atoms. The number of rotatable bonds is 3. The predicted octanol–water partition coefficient (Wildman–Crippen LogP) is 3.71. The molecule has 1 saturated carbocycles. The van der Waals surface area contributed by atoms with Gasteiger partial charge in [0.25, 0.3) is 0 Å². The first-order valence-corrected chi connectivity index (χ1v) is 8.05. The normalized spacial score (nSPS) is 28.2. The molecule has 0 aromatic carbocycles.